The fourth-order valence-corrected chi connectivity index (χ4v) is 2.06. The van der Waals surface area contributed by atoms with E-state index in [0.717, 1.165) is 28.6 Å². The first-order chi connectivity index (χ1) is 8.50. The minimum absolute atomic E-state index is 0.0146. The predicted molar refractivity (Wildman–Crippen MR) is 83.9 cm³/mol. The molecule has 1 rings (SSSR count). The minimum atomic E-state index is 0.0146. The standard InChI is InChI=1S/C14H21IN2O/c1-11(2)17(3)9-5-8-16-14(18)12-6-4-7-13(15)10-12/h4,6-7,10-11H,5,8-9H2,1-3H3,(H,16,18). The van der Waals surface area contributed by atoms with E-state index < -0.39 is 0 Å². The maximum atomic E-state index is 11.8. The Labute approximate surface area is 123 Å². The van der Waals surface area contributed by atoms with Gasteiger partial charge in [0, 0.05) is 21.7 Å². The summed E-state index contributed by atoms with van der Waals surface area (Å²) >= 11 is 2.21. The fourth-order valence-electron chi connectivity index (χ4n) is 1.52. The number of hydrogen-bond donors (Lipinski definition) is 1. The number of carbonyl (C=O) groups excluding carboxylic acids is 1. The van der Waals surface area contributed by atoms with Crippen LogP contribution in [0.25, 0.3) is 0 Å². The number of amides is 1. The summed E-state index contributed by atoms with van der Waals surface area (Å²) in [4.78, 5) is 14.1. The Balaban J connectivity index is 2.30. The topological polar surface area (TPSA) is 32.3 Å². The van der Waals surface area contributed by atoms with Crippen LogP contribution in [0.5, 0.6) is 0 Å². The Hall–Kier alpha value is -0.620. The van der Waals surface area contributed by atoms with Gasteiger partial charge in [0.2, 0.25) is 0 Å². The van der Waals surface area contributed by atoms with Crippen molar-refractivity contribution in [2.45, 2.75) is 26.3 Å². The van der Waals surface area contributed by atoms with Gasteiger partial charge in [-0.25, -0.2) is 0 Å². The zero-order valence-corrected chi connectivity index (χ0v) is 13.4. The van der Waals surface area contributed by atoms with Crippen molar-refractivity contribution in [2.24, 2.45) is 0 Å². The van der Waals surface area contributed by atoms with Gasteiger partial charge in [0.1, 0.15) is 0 Å². The van der Waals surface area contributed by atoms with Crippen molar-refractivity contribution in [2.75, 3.05) is 20.1 Å². The minimum Gasteiger partial charge on any atom is -0.352 e. The summed E-state index contributed by atoms with van der Waals surface area (Å²) in [6, 6.07) is 8.18. The van der Waals surface area contributed by atoms with Crippen LogP contribution in [0.3, 0.4) is 0 Å². The van der Waals surface area contributed by atoms with Gasteiger partial charge < -0.3 is 10.2 Å². The largest absolute Gasteiger partial charge is 0.352 e. The molecular formula is C14H21IN2O. The molecule has 0 saturated heterocycles. The summed E-state index contributed by atoms with van der Waals surface area (Å²) in [5.74, 6) is 0.0146. The Morgan fingerprint density at radius 3 is 2.78 bits per heavy atom. The summed E-state index contributed by atoms with van der Waals surface area (Å²) in [6.07, 6.45) is 0.977. The molecule has 1 amide bonds. The smallest absolute Gasteiger partial charge is 0.251 e. The zero-order chi connectivity index (χ0) is 13.5. The van der Waals surface area contributed by atoms with Crippen molar-refractivity contribution in [1.29, 1.82) is 0 Å². The van der Waals surface area contributed by atoms with E-state index >= 15 is 0 Å². The lowest BCUT2D eigenvalue weighted by atomic mass is 10.2. The third-order valence-electron chi connectivity index (χ3n) is 2.94. The van der Waals surface area contributed by atoms with Crippen LogP contribution in [0.15, 0.2) is 24.3 Å². The average Bonchev–Trinajstić information content (AvgIpc) is 2.33. The van der Waals surface area contributed by atoms with Crippen molar-refractivity contribution >= 4 is 28.5 Å². The molecule has 0 radical (unpaired) electrons. The molecule has 0 spiro atoms. The highest BCUT2D eigenvalue weighted by atomic mass is 127. The molecule has 0 unspecified atom stereocenters. The quantitative estimate of drug-likeness (QED) is 0.625. The first kappa shape index (κ1) is 15.4. The molecule has 0 fully saturated rings. The van der Waals surface area contributed by atoms with Gasteiger partial charge in [0.05, 0.1) is 0 Å². The molecule has 1 aromatic carbocycles. The molecule has 18 heavy (non-hydrogen) atoms. The molecule has 100 valence electrons. The SMILES string of the molecule is CC(C)N(C)CCCNC(=O)c1cccc(I)c1. The average molecular weight is 360 g/mol. The normalized spacial score (nSPS) is 11.0. The number of nitrogens with one attached hydrogen (secondary N) is 1. The third kappa shape index (κ3) is 5.35. The van der Waals surface area contributed by atoms with Crippen LogP contribution in [0.1, 0.15) is 30.6 Å². The molecule has 0 atom stereocenters. The second-order valence-corrected chi connectivity index (χ2v) is 5.94. The second-order valence-electron chi connectivity index (χ2n) is 4.69. The first-order valence-corrected chi connectivity index (χ1v) is 7.32. The first-order valence-electron chi connectivity index (χ1n) is 6.24. The van der Waals surface area contributed by atoms with Crippen LogP contribution in [0.2, 0.25) is 0 Å². The fraction of sp³-hybridized carbons (Fsp3) is 0.500. The zero-order valence-electron chi connectivity index (χ0n) is 11.2. The molecule has 0 aliphatic carbocycles. The van der Waals surface area contributed by atoms with E-state index in [9.17, 15) is 4.79 Å². The number of rotatable bonds is 6. The molecule has 0 aliphatic rings. The van der Waals surface area contributed by atoms with Gasteiger partial charge in [0.15, 0.2) is 0 Å². The number of halogens is 1. The van der Waals surface area contributed by atoms with Gasteiger partial charge in [0.25, 0.3) is 5.91 Å². The van der Waals surface area contributed by atoms with Crippen molar-refractivity contribution < 1.29 is 4.79 Å². The van der Waals surface area contributed by atoms with Crippen LogP contribution >= 0.6 is 22.6 Å². The van der Waals surface area contributed by atoms with Gasteiger partial charge >= 0.3 is 0 Å². The molecule has 0 bridgehead atoms. The maximum Gasteiger partial charge on any atom is 0.251 e. The monoisotopic (exact) mass is 360 g/mol. The van der Waals surface area contributed by atoms with Crippen molar-refractivity contribution in [3.8, 4) is 0 Å². The van der Waals surface area contributed by atoms with Gasteiger partial charge in [-0.3, -0.25) is 4.79 Å². The highest BCUT2D eigenvalue weighted by molar-refractivity contribution is 14.1. The summed E-state index contributed by atoms with van der Waals surface area (Å²) in [7, 11) is 2.10. The van der Waals surface area contributed by atoms with E-state index in [4.69, 9.17) is 0 Å². The molecule has 4 heteroatoms. The van der Waals surface area contributed by atoms with Crippen molar-refractivity contribution in [3.63, 3.8) is 0 Å². The van der Waals surface area contributed by atoms with Crippen molar-refractivity contribution in [1.82, 2.24) is 10.2 Å². The van der Waals surface area contributed by atoms with E-state index in [1.165, 1.54) is 0 Å². The number of benzene rings is 1. The van der Waals surface area contributed by atoms with Gasteiger partial charge in [-0.1, -0.05) is 6.07 Å². The molecule has 3 nitrogen and oxygen atoms in total. The Bertz CT molecular complexity index is 393. The number of nitrogens with zero attached hydrogens (tertiary/aromatic N) is 1. The van der Waals surface area contributed by atoms with Crippen LogP contribution in [-0.2, 0) is 0 Å². The highest BCUT2D eigenvalue weighted by Gasteiger charge is 2.06. The Morgan fingerprint density at radius 2 is 2.17 bits per heavy atom. The Morgan fingerprint density at radius 1 is 1.44 bits per heavy atom. The maximum absolute atomic E-state index is 11.8. The van der Waals surface area contributed by atoms with Crippen LogP contribution in [-0.4, -0.2) is 37.0 Å². The van der Waals surface area contributed by atoms with Gasteiger partial charge in [-0.15, -0.1) is 0 Å². The predicted octanol–water partition coefficient (Wildman–Crippen LogP) is 2.75. The summed E-state index contributed by atoms with van der Waals surface area (Å²) in [5, 5.41) is 2.95. The van der Waals surface area contributed by atoms with Crippen LogP contribution in [0.4, 0.5) is 0 Å². The van der Waals surface area contributed by atoms with Crippen LogP contribution < -0.4 is 5.32 Å². The Kier molecular flexibility index (Phi) is 6.63. The van der Waals surface area contributed by atoms with E-state index in [2.05, 4.69) is 53.7 Å². The highest BCUT2D eigenvalue weighted by Crippen LogP contribution is 2.07. The van der Waals surface area contributed by atoms with E-state index in [-0.39, 0.29) is 5.91 Å². The molecular weight excluding hydrogens is 339 g/mol. The van der Waals surface area contributed by atoms with Gasteiger partial charge in [-0.2, -0.15) is 0 Å². The molecule has 0 heterocycles. The molecule has 0 saturated carbocycles. The lowest BCUT2D eigenvalue weighted by Gasteiger charge is -2.20. The number of hydrogen-bond acceptors (Lipinski definition) is 2. The van der Waals surface area contributed by atoms with Crippen molar-refractivity contribution in [3.05, 3.63) is 33.4 Å². The molecule has 0 aliphatic heterocycles. The number of carbonyl (C=O) groups is 1. The summed E-state index contributed by atoms with van der Waals surface area (Å²) < 4.78 is 1.08. The van der Waals surface area contributed by atoms with E-state index in [1.54, 1.807) is 0 Å². The molecule has 1 aromatic rings. The summed E-state index contributed by atoms with van der Waals surface area (Å²) in [6.45, 7) is 6.07. The molecule has 1 N–H and O–H groups in total. The van der Waals surface area contributed by atoms with Gasteiger partial charge in [-0.05, 0) is 74.7 Å². The summed E-state index contributed by atoms with van der Waals surface area (Å²) in [5.41, 5.74) is 0.735. The van der Waals surface area contributed by atoms with E-state index in [0.29, 0.717) is 6.04 Å². The lowest BCUT2D eigenvalue weighted by molar-refractivity contribution is 0.0951. The second kappa shape index (κ2) is 7.74. The lowest BCUT2D eigenvalue weighted by Crippen LogP contribution is -2.31. The van der Waals surface area contributed by atoms with E-state index in [1.807, 2.05) is 24.3 Å². The third-order valence-corrected chi connectivity index (χ3v) is 3.61. The molecule has 0 aromatic heterocycles. The van der Waals surface area contributed by atoms with Crippen LogP contribution in [0, 0.1) is 3.57 Å².